The Morgan fingerprint density at radius 3 is 2.86 bits per heavy atom. The quantitative estimate of drug-likeness (QED) is 0.619. The topological polar surface area (TPSA) is 68.4 Å². The second kappa shape index (κ2) is 5.57. The molecule has 0 bridgehead atoms. The fourth-order valence-corrected chi connectivity index (χ4v) is 3.21. The number of rotatable bonds is 3. The molecular formula is C15H14BrN3O3. The maximum Gasteiger partial charge on any atom is 0.274 e. The third-order valence-electron chi connectivity index (χ3n) is 3.84. The van der Waals surface area contributed by atoms with Crippen LogP contribution in [0.1, 0.15) is 23.0 Å². The average molecular weight is 364 g/mol. The van der Waals surface area contributed by atoms with Gasteiger partial charge in [0.1, 0.15) is 5.69 Å². The van der Waals surface area contributed by atoms with E-state index in [0.29, 0.717) is 30.9 Å². The van der Waals surface area contributed by atoms with Gasteiger partial charge in [-0.3, -0.25) is 14.9 Å². The number of aromatic nitrogens is 1. The first-order chi connectivity index (χ1) is 10.5. The van der Waals surface area contributed by atoms with Crippen LogP contribution in [0.5, 0.6) is 0 Å². The van der Waals surface area contributed by atoms with Gasteiger partial charge in [0.2, 0.25) is 0 Å². The smallest absolute Gasteiger partial charge is 0.274 e. The van der Waals surface area contributed by atoms with Gasteiger partial charge in [0, 0.05) is 35.9 Å². The molecule has 0 saturated heterocycles. The molecule has 1 aliphatic rings. The molecule has 1 aromatic carbocycles. The molecule has 2 aromatic rings. The molecule has 1 aliphatic heterocycles. The maximum atomic E-state index is 12.8. The highest BCUT2D eigenvalue weighted by Gasteiger charge is 2.29. The minimum Gasteiger partial charge on any atom is -0.343 e. The normalized spacial score (nSPS) is 13.3. The van der Waals surface area contributed by atoms with Crippen molar-refractivity contribution >= 4 is 33.2 Å². The van der Waals surface area contributed by atoms with Gasteiger partial charge in [0.15, 0.2) is 0 Å². The molecule has 0 fully saturated rings. The van der Waals surface area contributed by atoms with Crippen molar-refractivity contribution in [2.75, 3.05) is 11.4 Å². The molecule has 1 amide bonds. The standard InChI is InChI=1S/C15H14BrN3O3/c1-2-17-9-11(16)7-14(17)15(20)18-6-5-10-3-4-12(19(21)22)8-13(10)18/h3-4,7-9H,2,5-6H2,1H3. The number of carbonyl (C=O) groups excluding carboxylic acids is 1. The van der Waals surface area contributed by atoms with E-state index in [4.69, 9.17) is 0 Å². The van der Waals surface area contributed by atoms with Gasteiger partial charge in [-0.2, -0.15) is 0 Å². The van der Waals surface area contributed by atoms with Crippen molar-refractivity contribution in [2.45, 2.75) is 19.9 Å². The number of hydrogen-bond donors (Lipinski definition) is 0. The summed E-state index contributed by atoms with van der Waals surface area (Å²) in [5.41, 5.74) is 2.19. The minimum atomic E-state index is -0.438. The van der Waals surface area contributed by atoms with Crippen molar-refractivity contribution < 1.29 is 9.72 Å². The van der Waals surface area contributed by atoms with Crippen molar-refractivity contribution in [3.63, 3.8) is 0 Å². The number of fused-ring (bicyclic) bond motifs is 1. The molecule has 1 aromatic heterocycles. The fourth-order valence-electron chi connectivity index (χ4n) is 2.75. The molecule has 0 N–H and O–H groups in total. The Labute approximate surface area is 135 Å². The van der Waals surface area contributed by atoms with Crippen LogP contribution < -0.4 is 4.90 Å². The summed E-state index contributed by atoms with van der Waals surface area (Å²) in [4.78, 5) is 24.9. The van der Waals surface area contributed by atoms with Gasteiger partial charge in [-0.1, -0.05) is 6.07 Å². The van der Waals surface area contributed by atoms with Crippen molar-refractivity contribution in [3.8, 4) is 0 Å². The lowest BCUT2D eigenvalue weighted by molar-refractivity contribution is -0.384. The van der Waals surface area contributed by atoms with Gasteiger partial charge in [-0.05, 0) is 40.9 Å². The Hall–Kier alpha value is -2.15. The maximum absolute atomic E-state index is 12.8. The summed E-state index contributed by atoms with van der Waals surface area (Å²) in [6.07, 6.45) is 2.57. The van der Waals surface area contributed by atoms with Crippen LogP contribution in [-0.2, 0) is 13.0 Å². The average Bonchev–Trinajstić information content (AvgIpc) is 3.08. The summed E-state index contributed by atoms with van der Waals surface area (Å²) in [6.45, 7) is 3.19. The molecule has 6 nitrogen and oxygen atoms in total. The summed E-state index contributed by atoms with van der Waals surface area (Å²) in [5.74, 6) is -0.133. The predicted molar refractivity (Wildman–Crippen MR) is 86.3 cm³/mol. The van der Waals surface area contributed by atoms with Crippen molar-refractivity contribution in [2.24, 2.45) is 0 Å². The summed E-state index contributed by atoms with van der Waals surface area (Å²) < 4.78 is 2.71. The second-order valence-corrected chi connectivity index (χ2v) is 6.02. The number of non-ortho nitro benzene ring substituents is 1. The van der Waals surface area contributed by atoms with Crippen LogP contribution in [0.4, 0.5) is 11.4 Å². The summed E-state index contributed by atoms with van der Waals surface area (Å²) >= 11 is 3.38. The molecule has 7 heteroatoms. The Balaban J connectivity index is 2.00. The molecule has 0 saturated carbocycles. The molecule has 3 rings (SSSR count). The zero-order valence-electron chi connectivity index (χ0n) is 12.0. The van der Waals surface area contributed by atoms with E-state index in [9.17, 15) is 14.9 Å². The highest BCUT2D eigenvalue weighted by molar-refractivity contribution is 9.10. The number of hydrogen-bond acceptors (Lipinski definition) is 3. The van der Waals surface area contributed by atoms with Crippen molar-refractivity contribution in [1.82, 2.24) is 4.57 Å². The lowest BCUT2D eigenvalue weighted by Gasteiger charge is -2.18. The van der Waals surface area contributed by atoms with Crippen LogP contribution in [0.25, 0.3) is 0 Å². The number of nitro groups is 1. The highest BCUT2D eigenvalue weighted by Crippen LogP contribution is 2.33. The van der Waals surface area contributed by atoms with Crippen LogP contribution in [0.3, 0.4) is 0 Å². The Morgan fingerprint density at radius 2 is 2.18 bits per heavy atom. The molecule has 22 heavy (non-hydrogen) atoms. The third kappa shape index (κ3) is 2.41. The largest absolute Gasteiger partial charge is 0.343 e. The fraction of sp³-hybridized carbons (Fsp3) is 0.267. The number of aryl methyl sites for hydroxylation is 1. The van der Waals surface area contributed by atoms with Crippen LogP contribution in [-0.4, -0.2) is 21.9 Å². The van der Waals surface area contributed by atoms with Crippen LogP contribution in [0, 0.1) is 10.1 Å². The molecule has 0 radical (unpaired) electrons. The predicted octanol–water partition coefficient (Wildman–Crippen LogP) is 3.38. The van der Waals surface area contributed by atoms with E-state index in [1.54, 1.807) is 17.0 Å². The van der Waals surface area contributed by atoms with E-state index in [2.05, 4.69) is 15.9 Å². The summed E-state index contributed by atoms with van der Waals surface area (Å²) in [5, 5.41) is 10.9. The van der Waals surface area contributed by atoms with Gasteiger partial charge in [-0.15, -0.1) is 0 Å². The van der Waals surface area contributed by atoms with Crippen LogP contribution in [0.15, 0.2) is 34.9 Å². The zero-order chi connectivity index (χ0) is 15.9. The molecule has 114 valence electrons. The lowest BCUT2D eigenvalue weighted by atomic mass is 10.1. The number of nitrogens with zero attached hydrogens (tertiary/aromatic N) is 3. The van der Waals surface area contributed by atoms with E-state index in [1.807, 2.05) is 17.7 Å². The van der Waals surface area contributed by atoms with Gasteiger partial charge in [0.25, 0.3) is 11.6 Å². The zero-order valence-corrected chi connectivity index (χ0v) is 13.5. The number of nitro benzene ring substituents is 1. The van der Waals surface area contributed by atoms with Crippen molar-refractivity contribution in [1.29, 1.82) is 0 Å². The van der Waals surface area contributed by atoms with Crippen LogP contribution in [0.2, 0.25) is 0 Å². The Bertz CT molecular complexity index is 769. The van der Waals surface area contributed by atoms with Gasteiger partial charge < -0.3 is 9.47 Å². The first kappa shape index (κ1) is 14.8. The van der Waals surface area contributed by atoms with Crippen molar-refractivity contribution in [3.05, 3.63) is 56.3 Å². The van der Waals surface area contributed by atoms with Gasteiger partial charge >= 0.3 is 0 Å². The third-order valence-corrected chi connectivity index (χ3v) is 4.28. The van der Waals surface area contributed by atoms with E-state index >= 15 is 0 Å². The Morgan fingerprint density at radius 1 is 1.41 bits per heavy atom. The molecule has 0 unspecified atom stereocenters. The molecule has 0 aliphatic carbocycles. The molecular weight excluding hydrogens is 350 g/mol. The first-order valence-corrected chi connectivity index (χ1v) is 7.75. The first-order valence-electron chi connectivity index (χ1n) is 6.96. The SMILES string of the molecule is CCn1cc(Br)cc1C(=O)N1CCc2ccc([N+](=O)[O-])cc21. The second-order valence-electron chi connectivity index (χ2n) is 5.11. The summed E-state index contributed by atoms with van der Waals surface area (Å²) in [6, 6.07) is 6.48. The summed E-state index contributed by atoms with van der Waals surface area (Å²) in [7, 11) is 0. The van der Waals surface area contributed by atoms with E-state index in [-0.39, 0.29) is 11.6 Å². The minimum absolute atomic E-state index is 0.00510. The number of carbonyl (C=O) groups is 1. The molecule has 0 spiro atoms. The number of anilines is 1. The van der Waals surface area contributed by atoms with Gasteiger partial charge in [0.05, 0.1) is 10.6 Å². The number of halogens is 1. The number of amides is 1. The van der Waals surface area contributed by atoms with E-state index in [0.717, 1.165) is 10.0 Å². The van der Waals surface area contributed by atoms with E-state index < -0.39 is 4.92 Å². The van der Waals surface area contributed by atoms with E-state index in [1.165, 1.54) is 12.1 Å². The lowest BCUT2D eigenvalue weighted by Crippen LogP contribution is -2.30. The molecule has 0 atom stereocenters. The number of benzene rings is 1. The Kier molecular flexibility index (Phi) is 3.74. The van der Waals surface area contributed by atoms with Gasteiger partial charge in [-0.25, -0.2) is 0 Å². The molecule has 2 heterocycles. The monoisotopic (exact) mass is 363 g/mol. The highest BCUT2D eigenvalue weighted by atomic mass is 79.9. The van der Waals surface area contributed by atoms with Crippen LogP contribution >= 0.6 is 15.9 Å².